The van der Waals surface area contributed by atoms with E-state index in [1.54, 1.807) is 22.5 Å². The fourth-order valence-corrected chi connectivity index (χ4v) is 4.94. The molecule has 1 heterocycles. The van der Waals surface area contributed by atoms with Gasteiger partial charge in [-0.05, 0) is 57.4 Å². The Morgan fingerprint density at radius 3 is 2.26 bits per heavy atom. The molecule has 1 aliphatic rings. The van der Waals surface area contributed by atoms with Gasteiger partial charge in [0.25, 0.3) is 0 Å². The standard InChI is InChI=1S/C14H22N2O2S/c1-10-7-13(15)9-14(8-10)19(17,18)16-11(2)5-4-6-12(16)3/h7-9,11-12H,4-6,15H2,1-3H3. The Balaban J connectivity index is 2.46. The number of nitrogens with two attached hydrogens (primary N) is 1. The Bertz CT molecular complexity index is 539. The first-order valence-corrected chi connectivity index (χ1v) is 8.17. The number of sulfonamides is 1. The van der Waals surface area contributed by atoms with Crippen LogP contribution >= 0.6 is 0 Å². The molecule has 2 unspecified atom stereocenters. The van der Waals surface area contributed by atoms with Crippen molar-refractivity contribution in [3.05, 3.63) is 23.8 Å². The molecule has 1 aromatic rings. The van der Waals surface area contributed by atoms with E-state index in [4.69, 9.17) is 5.73 Å². The van der Waals surface area contributed by atoms with Gasteiger partial charge in [-0.1, -0.05) is 6.42 Å². The molecular formula is C14H22N2O2S. The smallest absolute Gasteiger partial charge is 0.243 e. The van der Waals surface area contributed by atoms with Crippen LogP contribution in [-0.2, 0) is 10.0 Å². The molecule has 0 spiro atoms. The van der Waals surface area contributed by atoms with Gasteiger partial charge >= 0.3 is 0 Å². The van der Waals surface area contributed by atoms with Crippen molar-refractivity contribution in [1.82, 2.24) is 4.31 Å². The summed E-state index contributed by atoms with van der Waals surface area (Å²) in [4.78, 5) is 0.311. The number of hydrogen-bond acceptors (Lipinski definition) is 3. The molecule has 0 radical (unpaired) electrons. The van der Waals surface area contributed by atoms with Gasteiger partial charge in [0.2, 0.25) is 10.0 Å². The van der Waals surface area contributed by atoms with Crippen LogP contribution in [0.25, 0.3) is 0 Å². The van der Waals surface area contributed by atoms with E-state index in [0.717, 1.165) is 24.8 Å². The molecular weight excluding hydrogens is 260 g/mol. The summed E-state index contributed by atoms with van der Waals surface area (Å²) in [6.07, 6.45) is 2.93. The Morgan fingerprint density at radius 1 is 1.16 bits per heavy atom. The molecule has 0 amide bonds. The summed E-state index contributed by atoms with van der Waals surface area (Å²) in [6.45, 7) is 5.82. The summed E-state index contributed by atoms with van der Waals surface area (Å²) in [6, 6.07) is 5.13. The fourth-order valence-electron chi connectivity index (χ4n) is 2.92. The third-order valence-corrected chi connectivity index (χ3v) is 5.87. The van der Waals surface area contributed by atoms with Crippen LogP contribution in [0.5, 0.6) is 0 Å². The summed E-state index contributed by atoms with van der Waals surface area (Å²) in [5.41, 5.74) is 7.14. The van der Waals surface area contributed by atoms with Crippen molar-refractivity contribution in [2.75, 3.05) is 5.73 Å². The zero-order valence-corrected chi connectivity index (χ0v) is 12.6. The van der Waals surface area contributed by atoms with Crippen LogP contribution in [0, 0.1) is 6.92 Å². The number of aryl methyl sites for hydroxylation is 1. The van der Waals surface area contributed by atoms with Crippen LogP contribution < -0.4 is 5.73 Å². The highest BCUT2D eigenvalue weighted by molar-refractivity contribution is 7.89. The average Bonchev–Trinajstić information content (AvgIpc) is 2.26. The summed E-state index contributed by atoms with van der Waals surface area (Å²) in [5.74, 6) is 0. The molecule has 4 nitrogen and oxygen atoms in total. The van der Waals surface area contributed by atoms with Crippen molar-refractivity contribution in [2.24, 2.45) is 0 Å². The topological polar surface area (TPSA) is 63.4 Å². The Labute approximate surface area is 115 Å². The van der Waals surface area contributed by atoms with Crippen LogP contribution in [0.1, 0.15) is 38.7 Å². The van der Waals surface area contributed by atoms with E-state index in [9.17, 15) is 8.42 Å². The molecule has 2 atom stereocenters. The molecule has 5 heteroatoms. The number of nitrogen functional groups attached to an aromatic ring is 1. The first-order valence-electron chi connectivity index (χ1n) is 6.73. The number of benzene rings is 1. The normalized spacial score (nSPS) is 25.4. The second-order valence-electron chi connectivity index (χ2n) is 5.54. The van der Waals surface area contributed by atoms with Gasteiger partial charge in [-0.25, -0.2) is 8.42 Å². The Morgan fingerprint density at radius 2 is 1.74 bits per heavy atom. The highest BCUT2D eigenvalue weighted by Gasteiger charge is 2.35. The maximum atomic E-state index is 12.8. The lowest BCUT2D eigenvalue weighted by Gasteiger charge is -2.37. The number of piperidine rings is 1. The van der Waals surface area contributed by atoms with E-state index in [1.165, 1.54) is 0 Å². The minimum Gasteiger partial charge on any atom is -0.399 e. The van der Waals surface area contributed by atoms with Crippen LogP contribution in [0.2, 0.25) is 0 Å². The zero-order chi connectivity index (χ0) is 14.2. The third kappa shape index (κ3) is 2.77. The molecule has 2 rings (SSSR count). The number of anilines is 1. The van der Waals surface area contributed by atoms with E-state index in [0.29, 0.717) is 10.6 Å². The molecule has 0 aliphatic carbocycles. The van der Waals surface area contributed by atoms with E-state index in [2.05, 4.69) is 0 Å². The maximum Gasteiger partial charge on any atom is 0.243 e. The second kappa shape index (κ2) is 5.13. The summed E-state index contributed by atoms with van der Waals surface area (Å²) >= 11 is 0. The van der Waals surface area contributed by atoms with Gasteiger partial charge in [0, 0.05) is 17.8 Å². The van der Waals surface area contributed by atoms with Crippen LogP contribution in [-0.4, -0.2) is 24.8 Å². The largest absolute Gasteiger partial charge is 0.399 e. The SMILES string of the molecule is Cc1cc(N)cc(S(=O)(=O)N2C(C)CCCC2C)c1. The van der Waals surface area contributed by atoms with E-state index in [1.807, 2.05) is 20.8 Å². The zero-order valence-electron chi connectivity index (χ0n) is 11.8. The molecule has 106 valence electrons. The average molecular weight is 282 g/mol. The highest BCUT2D eigenvalue weighted by atomic mass is 32.2. The summed E-state index contributed by atoms with van der Waals surface area (Å²) < 4.78 is 27.2. The van der Waals surface area contributed by atoms with Crippen molar-refractivity contribution in [3.63, 3.8) is 0 Å². The lowest BCUT2D eigenvalue weighted by Crippen LogP contribution is -2.47. The number of hydrogen-bond donors (Lipinski definition) is 1. The van der Waals surface area contributed by atoms with Gasteiger partial charge < -0.3 is 5.73 Å². The lowest BCUT2D eigenvalue weighted by molar-refractivity contribution is 0.204. The number of nitrogens with zero attached hydrogens (tertiary/aromatic N) is 1. The van der Waals surface area contributed by atoms with Crippen molar-refractivity contribution >= 4 is 15.7 Å². The van der Waals surface area contributed by atoms with Crippen LogP contribution in [0.15, 0.2) is 23.1 Å². The van der Waals surface area contributed by atoms with Gasteiger partial charge in [-0.3, -0.25) is 0 Å². The van der Waals surface area contributed by atoms with E-state index >= 15 is 0 Å². The van der Waals surface area contributed by atoms with Crippen LogP contribution in [0.4, 0.5) is 5.69 Å². The molecule has 0 aromatic heterocycles. The number of rotatable bonds is 2. The molecule has 1 aromatic carbocycles. The van der Waals surface area contributed by atoms with Crippen LogP contribution in [0.3, 0.4) is 0 Å². The molecule has 1 aliphatic heterocycles. The monoisotopic (exact) mass is 282 g/mol. The van der Waals surface area contributed by atoms with Gasteiger partial charge in [-0.15, -0.1) is 0 Å². The van der Waals surface area contributed by atoms with Gasteiger partial charge in [0.1, 0.15) is 0 Å². The quantitative estimate of drug-likeness (QED) is 0.848. The first-order chi connectivity index (χ1) is 8.82. The Kier molecular flexibility index (Phi) is 3.87. The summed E-state index contributed by atoms with van der Waals surface area (Å²) in [7, 11) is -3.45. The Hall–Kier alpha value is -1.07. The van der Waals surface area contributed by atoms with E-state index in [-0.39, 0.29) is 12.1 Å². The van der Waals surface area contributed by atoms with Crippen molar-refractivity contribution in [2.45, 2.75) is 57.0 Å². The molecule has 0 bridgehead atoms. The molecule has 0 saturated carbocycles. The van der Waals surface area contributed by atoms with Gasteiger partial charge in [0.05, 0.1) is 4.90 Å². The minimum atomic E-state index is -3.45. The summed E-state index contributed by atoms with van der Waals surface area (Å²) in [5, 5.41) is 0. The van der Waals surface area contributed by atoms with Crippen molar-refractivity contribution in [3.8, 4) is 0 Å². The molecule has 1 saturated heterocycles. The molecule has 19 heavy (non-hydrogen) atoms. The first kappa shape index (κ1) is 14.3. The third-order valence-electron chi connectivity index (χ3n) is 3.76. The predicted octanol–water partition coefficient (Wildman–Crippen LogP) is 2.53. The molecule has 1 fully saturated rings. The van der Waals surface area contributed by atoms with Crippen molar-refractivity contribution < 1.29 is 8.42 Å². The second-order valence-corrected chi connectivity index (χ2v) is 7.39. The van der Waals surface area contributed by atoms with Gasteiger partial charge in [0.15, 0.2) is 0 Å². The predicted molar refractivity (Wildman–Crippen MR) is 77.4 cm³/mol. The van der Waals surface area contributed by atoms with Gasteiger partial charge in [-0.2, -0.15) is 4.31 Å². The van der Waals surface area contributed by atoms with E-state index < -0.39 is 10.0 Å². The maximum absolute atomic E-state index is 12.8. The molecule has 2 N–H and O–H groups in total. The lowest BCUT2D eigenvalue weighted by atomic mass is 10.0. The fraction of sp³-hybridized carbons (Fsp3) is 0.571. The highest BCUT2D eigenvalue weighted by Crippen LogP contribution is 2.30. The minimum absolute atomic E-state index is 0.0514. The van der Waals surface area contributed by atoms with Crippen molar-refractivity contribution in [1.29, 1.82) is 0 Å².